The Hall–Kier alpha value is -0.810. The normalized spacial score (nSPS) is 34.4. The summed E-state index contributed by atoms with van der Waals surface area (Å²) in [6.07, 6.45) is 2.50. The molecule has 2 atom stereocenters. The highest BCUT2D eigenvalue weighted by Gasteiger charge is 2.46. The van der Waals surface area contributed by atoms with Gasteiger partial charge in [-0.15, -0.1) is 0 Å². The molecule has 1 saturated carbocycles. The first-order valence-electron chi connectivity index (χ1n) is 7.90. The largest absolute Gasteiger partial charge is 0.379 e. The monoisotopic (exact) mass is 280 g/mol. The molecular weight excluding hydrogens is 252 g/mol. The molecule has 3 aliphatic rings. The second-order valence-electron chi connectivity index (χ2n) is 6.97. The van der Waals surface area contributed by atoms with Gasteiger partial charge in [0.25, 0.3) is 0 Å². The Morgan fingerprint density at radius 2 is 1.95 bits per heavy atom. The van der Waals surface area contributed by atoms with Crippen LogP contribution < -0.4 is 5.32 Å². The summed E-state index contributed by atoms with van der Waals surface area (Å²) in [5.74, 6) is 1.09. The Labute approximate surface area is 122 Å². The van der Waals surface area contributed by atoms with Crippen molar-refractivity contribution >= 4 is 5.96 Å². The summed E-state index contributed by atoms with van der Waals surface area (Å²) in [6, 6.07) is 1.27. The molecule has 2 aliphatic heterocycles. The minimum Gasteiger partial charge on any atom is -0.379 e. The van der Waals surface area contributed by atoms with Crippen LogP contribution in [0.2, 0.25) is 0 Å². The smallest absolute Gasteiger partial charge is 0.193 e. The molecule has 2 unspecified atom stereocenters. The van der Waals surface area contributed by atoms with E-state index < -0.39 is 0 Å². The maximum Gasteiger partial charge on any atom is 0.193 e. The predicted molar refractivity (Wildman–Crippen MR) is 81.1 cm³/mol. The van der Waals surface area contributed by atoms with Gasteiger partial charge in [0, 0.05) is 45.3 Å². The molecule has 1 N–H and O–H groups in total. The molecular formula is C15H28N4O. The fourth-order valence-corrected chi connectivity index (χ4v) is 3.34. The average Bonchev–Trinajstić information content (AvgIpc) is 2.88. The van der Waals surface area contributed by atoms with E-state index in [0.29, 0.717) is 17.5 Å². The summed E-state index contributed by atoms with van der Waals surface area (Å²) in [7, 11) is 1.90. The molecule has 0 amide bonds. The lowest BCUT2D eigenvalue weighted by molar-refractivity contribution is 0.0195. The van der Waals surface area contributed by atoms with Gasteiger partial charge in [-0.05, 0) is 18.3 Å². The van der Waals surface area contributed by atoms with E-state index in [-0.39, 0.29) is 0 Å². The van der Waals surface area contributed by atoms with Crippen LogP contribution in [0.25, 0.3) is 0 Å². The van der Waals surface area contributed by atoms with Crippen LogP contribution in [0.4, 0.5) is 0 Å². The molecule has 2 saturated heterocycles. The Kier molecular flexibility index (Phi) is 3.91. The van der Waals surface area contributed by atoms with Gasteiger partial charge in [-0.2, -0.15) is 0 Å². The number of likely N-dealkylation sites (tertiary alicyclic amines) is 1. The fraction of sp³-hybridized carbons (Fsp3) is 0.933. The van der Waals surface area contributed by atoms with Crippen LogP contribution in [0.15, 0.2) is 4.99 Å². The lowest BCUT2D eigenvalue weighted by Crippen LogP contribution is -2.47. The Balaban J connectivity index is 1.52. The lowest BCUT2D eigenvalue weighted by Gasteiger charge is -2.32. The first kappa shape index (κ1) is 14.1. The van der Waals surface area contributed by atoms with E-state index in [1.165, 1.54) is 12.8 Å². The standard InChI is InChI=1S/C15H28N4O/c1-15(2)10-13(15)17-14(16-3)19-5-4-12(11-19)18-6-8-20-9-7-18/h12-13H,4-11H2,1-3H3,(H,16,17). The van der Waals surface area contributed by atoms with Crippen LogP contribution in [0, 0.1) is 5.41 Å². The van der Waals surface area contributed by atoms with Crippen molar-refractivity contribution in [2.75, 3.05) is 46.4 Å². The van der Waals surface area contributed by atoms with Crippen molar-refractivity contribution in [1.82, 2.24) is 15.1 Å². The maximum atomic E-state index is 5.45. The minimum absolute atomic E-state index is 0.444. The van der Waals surface area contributed by atoms with Gasteiger partial charge in [0.15, 0.2) is 5.96 Å². The first-order valence-corrected chi connectivity index (χ1v) is 7.90. The number of hydrogen-bond donors (Lipinski definition) is 1. The van der Waals surface area contributed by atoms with Gasteiger partial charge in [0.2, 0.25) is 0 Å². The van der Waals surface area contributed by atoms with Gasteiger partial charge in [0.1, 0.15) is 0 Å². The van der Waals surface area contributed by atoms with Crippen molar-refractivity contribution < 1.29 is 4.74 Å². The summed E-state index contributed by atoms with van der Waals surface area (Å²) >= 11 is 0. The molecule has 0 spiro atoms. The zero-order valence-corrected chi connectivity index (χ0v) is 13.1. The number of nitrogens with one attached hydrogen (secondary N) is 1. The van der Waals surface area contributed by atoms with Gasteiger partial charge in [-0.3, -0.25) is 9.89 Å². The number of nitrogens with zero attached hydrogens (tertiary/aromatic N) is 3. The Morgan fingerprint density at radius 3 is 2.55 bits per heavy atom. The molecule has 0 aromatic carbocycles. The third-order valence-electron chi connectivity index (χ3n) is 5.05. The number of rotatable bonds is 2. The van der Waals surface area contributed by atoms with Crippen LogP contribution in [-0.2, 0) is 4.74 Å². The summed E-state index contributed by atoms with van der Waals surface area (Å²) in [5, 5.41) is 3.63. The predicted octanol–water partition coefficient (Wildman–Crippen LogP) is 0.767. The highest BCUT2D eigenvalue weighted by atomic mass is 16.5. The highest BCUT2D eigenvalue weighted by Crippen LogP contribution is 2.44. The molecule has 5 nitrogen and oxygen atoms in total. The molecule has 3 rings (SSSR count). The third kappa shape index (κ3) is 2.93. The first-order chi connectivity index (χ1) is 9.60. The molecule has 0 bridgehead atoms. The van der Waals surface area contributed by atoms with Crippen LogP contribution in [0.3, 0.4) is 0 Å². The summed E-state index contributed by atoms with van der Waals surface area (Å²) in [5.41, 5.74) is 0.444. The molecule has 0 aromatic heterocycles. The van der Waals surface area contributed by atoms with Gasteiger partial charge < -0.3 is 15.0 Å². The van der Waals surface area contributed by atoms with Crippen molar-refractivity contribution in [2.24, 2.45) is 10.4 Å². The van der Waals surface area contributed by atoms with Crippen LogP contribution in [-0.4, -0.2) is 74.3 Å². The topological polar surface area (TPSA) is 40.1 Å². The minimum atomic E-state index is 0.444. The third-order valence-corrected chi connectivity index (χ3v) is 5.05. The van der Waals surface area contributed by atoms with Crippen molar-refractivity contribution in [1.29, 1.82) is 0 Å². The number of hydrogen-bond acceptors (Lipinski definition) is 3. The second-order valence-corrected chi connectivity index (χ2v) is 6.97. The molecule has 2 heterocycles. The number of morpholine rings is 1. The highest BCUT2D eigenvalue weighted by molar-refractivity contribution is 5.81. The quantitative estimate of drug-likeness (QED) is 0.599. The van der Waals surface area contributed by atoms with Crippen molar-refractivity contribution in [3.8, 4) is 0 Å². The van der Waals surface area contributed by atoms with Gasteiger partial charge >= 0.3 is 0 Å². The second kappa shape index (κ2) is 5.53. The van der Waals surface area contributed by atoms with E-state index in [1.54, 1.807) is 0 Å². The number of aliphatic imine (C=N–C) groups is 1. The fourth-order valence-electron chi connectivity index (χ4n) is 3.34. The van der Waals surface area contributed by atoms with Crippen molar-refractivity contribution in [3.63, 3.8) is 0 Å². The Bertz CT molecular complexity index is 376. The molecule has 0 radical (unpaired) electrons. The molecule has 0 aromatic rings. The van der Waals surface area contributed by atoms with E-state index in [4.69, 9.17) is 4.74 Å². The molecule has 3 fully saturated rings. The van der Waals surface area contributed by atoms with E-state index in [9.17, 15) is 0 Å². The van der Waals surface area contributed by atoms with Gasteiger partial charge in [0.05, 0.1) is 13.2 Å². The zero-order valence-electron chi connectivity index (χ0n) is 13.1. The van der Waals surface area contributed by atoms with E-state index in [0.717, 1.165) is 45.4 Å². The van der Waals surface area contributed by atoms with Crippen LogP contribution in [0.1, 0.15) is 26.7 Å². The SMILES string of the molecule is CN=C(NC1CC1(C)C)N1CCC(N2CCOCC2)C1. The van der Waals surface area contributed by atoms with Crippen LogP contribution >= 0.6 is 0 Å². The molecule has 1 aliphatic carbocycles. The van der Waals surface area contributed by atoms with E-state index >= 15 is 0 Å². The summed E-state index contributed by atoms with van der Waals surface area (Å²) in [6.45, 7) is 10.8. The zero-order chi connectivity index (χ0) is 14.2. The summed E-state index contributed by atoms with van der Waals surface area (Å²) in [4.78, 5) is 9.49. The van der Waals surface area contributed by atoms with Gasteiger partial charge in [-0.25, -0.2) is 0 Å². The molecule has 5 heteroatoms. The average molecular weight is 280 g/mol. The maximum absolute atomic E-state index is 5.45. The lowest BCUT2D eigenvalue weighted by atomic mass is 10.2. The molecule has 114 valence electrons. The number of ether oxygens (including phenoxy) is 1. The van der Waals surface area contributed by atoms with Crippen LogP contribution in [0.5, 0.6) is 0 Å². The van der Waals surface area contributed by atoms with Gasteiger partial charge in [-0.1, -0.05) is 13.8 Å². The van der Waals surface area contributed by atoms with E-state index in [2.05, 4.69) is 34.0 Å². The van der Waals surface area contributed by atoms with Crippen molar-refractivity contribution in [3.05, 3.63) is 0 Å². The number of guanidine groups is 1. The van der Waals surface area contributed by atoms with E-state index in [1.807, 2.05) is 7.05 Å². The summed E-state index contributed by atoms with van der Waals surface area (Å²) < 4.78 is 5.45. The van der Waals surface area contributed by atoms with Crippen molar-refractivity contribution in [2.45, 2.75) is 38.8 Å². The molecule has 20 heavy (non-hydrogen) atoms. The Morgan fingerprint density at radius 1 is 1.25 bits per heavy atom.